The molecule has 0 aromatic carbocycles. The molecule has 0 spiro atoms. The molecule has 25 heavy (non-hydrogen) atoms. The Morgan fingerprint density at radius 1 is 1.16 bits per heavy atom. The Morgan fingerprint density at radius 2 is 1.84 bits per heavy atom. The van der Waals surface area contributed by atoms with Gasteiger partial charge in [0.05, 0.1) is 13.7 Å². The van der Waals surface area contributed by atoms with Crippen molar-refractivity contribution < 1.29 is 37.4 Å². The number of carbonyl (C=O) groups excluding carboxylic acids is 2. The Morgan fingerprint density at radius 3 is 2.48 bits per heavy atom. The summed E-state index contributed by atoms with van der Waals surface area (Å²) in [6.07, 6.45) is 1.62. The molecule has 0 rings (SSSR count). The highest BCUT2D eigenvalue weighted by Gasteiger charge is 2.16. The summed E-state index contributed by atoms with van der Waals surface area (Å²) >= 11 is 0. The van der Waals surface area contributed by atoms with E-state index in [2.05, 4.69) is 15.2 Å². The molecule has 0 aliphatic carbocycles. The first-order valence-electron chi connectivity index (χ1n) is 7.83. The van der Waals surface area contributed by atoms with Crippen LogP contribution in [0.4, 0.5) is 0 Å². The molecule has 0 saturated heterocycles. The molecule has 2 unspecified atom stereocenters. The van der Waals surface area contributed by atoms with Crippen molar-refractivity contribution in [2.24, 2.45) is 0 Å². The van der Waals surface area contributed by atoms with E-state index in [0.29, 0.717) is 25.7 Å². The van der Waals surface area contributed by atoms with Gasteiger partial charge in [0.25, 0.3) is 0 Å². The summed E-state index contributed by atoms with van der Waals surface area (Å²) in [6, 6.07) is 0. The van der Waals surface area contributed by atoms with E-state index in [1.54, 1.807) is 0 Å². The number of rotatable bonds is 16. The van der Waals surface area contributed by atoms with Crippen LogP contribution in [-0.4, -0.2) is 50.0 Å². The molecule has 144 valence electrons. The number of hydrogen-bond donors (Lipinski definition) is 3. The lowest BCUT2D eigenvalue weighted by atomic mass is 10.2. The van der Waals surface area contributed by atoms with Crippen LogP contribution in [0.5, 0.6) is 0 Å². The van der Waals surface area contributed by atoms with Gasteiger partial charge in [0.2, 0.25) is 11.8 Å². The maximum atomic E-state index is 11.7. The van der Waals surface area contributed by atoms with Gasteiger partial charge in [-0.3, -0.25) is 14.1 Å². The number of carbonyl (C=O) groups is 2. The summed E-state index contributed by atoms with van der Waals surface area (Å²) in [5, 5.41) is 13.7. The van der Waals surface area contributed by atoms with Crippen molar-refractivity contribution in [3.63, 3.8) is 0 Å². The SMILES string of the molecule is CO[P+](=O)OCCCCC(=O)NCC(NC(=O)CCCCO)OP=O. The summed E-state index contributed by atoms with van der Waals surface area (Å²) in [5.41, 5.74) is 0. The van der Waals surface area contributed by atoms with Crippen LogP contribution in [0.25, 0.3) is 0 Å². The highest BCUT2D eigenvalue weighted by atomic mass is 31.1. The number of amides is 2. The Kier molecular flexibility index (Phi) is 15.8. The lowest BCUT2D eigenvalue weighted by Gasteiger charge is -2.16. The maximum Gasteiger partial charge on any atom is 0.697 e. The molecule has 0 heterocycles. The predicted octanol–water partition coefficient (Wildman–Crippen LogP) is 1.42. The highest BCUT2D eigenvalue weighted by Crippen LogP contribution is 2.21. The van der Waals surface area contributed by atoms with Gasteiger partial charge in [-0.05, 0) is 25.7 Å². The van der Waals surface area contributed by atoms with Crippen LogP contribution in [0.2, 0.25) is 0 Å². The van der Waals surface area contributed by atoms with E-state index in [-0.39, 0.29) is 44.4 Å². The molecule has 3 N–H and O–H groups in total. The van der Waals surface area contributed by atoms with Gasteiger partial charge in [-0.15, -0.1) is 9.05 Å². The molecule has 0 aliphatic rings. The molecule has 2 amide bonds. The fourth-order valence-electron chi connectivity index (χ4n) is 1.69. The number of nitrogens with one attached hydrogen (secondary N) is 2. The number of aliphatic hydroxyl groups is 1. The third kappa shape index (κ3) is 15.0. The van der Waals surface area contributed by atoms with Crippen molar-refractivity contribution in [3.8, 4) is 0 Å². The van der Waals surface area contributed by atoms with Crippen molar-refractivity contribution in [2.75, 3.05) is 26.9 Å². The Labute approximate surface area is 149 Å². The van der Waals surface area contributed by atoms with E-state index in [1.165, 1.54) is 7.11 Å². The summed E-state index contributed by atoms with van der Waals surface area (Å²) in [7, 11) is -1.43. The Hall–Kier alpha value is -1.02. The first-order chi connectivity index (χ1) is 12.0. The van der Waals surface area contributed by atoms with Gasteiger partial charge >= 0.3 is 16.9 Å². The quantitative estimate of drug-likeness (QED) is 0.201. The second kappa shape index (κ2) is 16.4. The minimum Gasteiger partial charge on any atom is -0.396 e. The standard InChI is InChI=1S/C13H24N2O8P2/c1-21-25(20)22-9-5-3-6-11(17)14-10-13(23-24-19)15-12(18)7-2-4-8-16/h13,16H,2-10H2,1H3,(H-,14,15,17,18)/p+1. The first kappa shape index (κ1) is 24.0. The lowest BCUT2D eigenvalue weighted by Crippen LogP contribution is -2.44. The van der Waals surface area contributed by atoms with Crippen molar-refractivity contribution in [1.82, 2.24) is 10.6 Å². The Bertz CT molecular complexity index is 425. The minimum atomic E-state index is -2.10. The minimum absolute atomic E-state index is 0.00937. The lowest BCUT2D eigenvalue weighted by molar-refractivity contribution is -0.125. The van der Waals surface area contributed by atoms with Gasteiger partial charge < -0.3 is 15.7 Å². The van der Waals surface area contributed by atoms with E-state index in [9.17, 15) is 18.7 Å². The smallest absolute Gasteiger partial charge is 0.396 e. The molecule has 0 bridgehead atoms. The zero-order valence-electron chi connectivity index (χ0n) is 14.1. The zero-order valence-corrected chi connectivity index (χ0v) is 15.9. The molecule has 10 nitrogen and oxygen atoms in total. The molecule has 0 fully saturated rings. The van der Waals surface area contributed by atoms with E-state index in [1.807, 2.05) is 0 Å². The van der Waals surface area contributed by atoms with Crippen molar-refractivity contribution in [3.05, 3.63) is 0 Å². The van der Waals surface area contributed by atoms with Crippen molar-refractivity contribution >= 4 is 28.8 Å². The highest BCUT2D eigenvalue weighted by molar-refractivity contribution is 7.33. The second-order valence-corrected chi connectivity index (χ2v) is 6.35. The van der Waals surface area contributed by atoms with Gasteiger partial charge in [0.15, 0.2) is 6.23 Å². The third-order valence-electron chi connectivity index (χ3n) is 2.93. The van der Waals surface area contributed by atoms with E-state index < -0.39 is 23.2 Å². The van der Waals surface area contributed by atoms with Gasteiger partial charge in [-0.1, -0.05) is 0 Å². The summed E-state index contributed by atoms with van der Waals surface area (Å²) in [5.74, 6) is -0.581. The first-order valence-corrected chi connectivity index (χ1v) is 9.65. The van der Waals surface area contributed by atoms with Crippen LogP contribution in [-0.2, 0) is 32.3 Å². The van der Waals surface area contributed by atoms with E-state index in [4.69, 9.17) is 14.2 Å². The molecule has 0 radical (unpaired) electrons. The summed E-state index contributed by atoms with van der Waals surface area (Å²) in [4.78, 5) is 23.3. The molecule has 0 saturated carbocycles. The topological polar surface area (TPSA) is 140 Å². The fraction of sp³-hybridized carbons (Fsp3) is 0.846. The van der Waals surface area contributed by atoms with E-state index >= 15 is 0 Å². The van der Waals surface area contributed by atoms with Crippen LogP contribution in [0, 0.1) is 0 Å². The Balaban J connectivity index is 3.92. The van der Waals surface area contributed by atoms with Gasteiger partial charge in [-0.25, -0.2) is 4.57 Å². The maximum absolute atomic E-state index is 11.7. The van der Waals surface area contributed by atoms with Crippen LogP contribution in [0.1, 0.15) is 38.5 Å². The molecular formula is C13H25N2O8P2+. The molecule has 0 aromatic heterocycles. The number of aliphatic hydroxyl groups excluding tert-OH is 1. The fourth-order valence-corrected chi connectivity index (χ4v) is 2.30. The number of unbranched alkanes of at least 4 members (excludes halogenated alkanes) is 2. The summed E-state index contributed by atoms with van der Waals surface area (Å²) < 4.78 is 35.5. The van der Waals surface area contributed by atoms with Crippen LogP contribution in [0.15, 0.2) is 0 Å². The van der Waals surface area contributed by atoms with Crippen LogP contribution >= 0.6 is 16.9 Å². The van der Waals surface area contributed by atoms with Gasteiger partial charge in [0.1, 0.15) is 6.61 Å². The molecule has 2 atom stereocenters. The van der Waals surface area contributed by atoms with Crippen molar-refractivity contribution in [2.45, 2.75) is 44.8 Å². The molecule has 0 aliphatic heterocycles. The monoisotopic (exact) mass is 399 g/mol. The average Bonchev–Trinajstić information content (AvgIpc) is 2.59. The second-order valence-electron chi connectivity index (χ2n) is 4.92. The normalized spacial score (nSPS) is 12.6. The largest absolute Gasteiger partial charge is 0.697 e. The van der Waals surface area contributed by atoms with Crippen molar-refractivity contribution in [1.29, 1.82) is 0 Å². The summed E-state index contributed by atoms with van der Waals surface area (Å²) in [6.45, 7) is 0.211. The van der Waals surface area contributed by atoms with Crippen LogP contribution in [0.3, 0.4) is 0 Å². The van der Waals surface area contributed by atoms with Gasteiger partial charge in [-0.2, -0.15) is 0 Å². The van der Waals surface area contributed by atoms with E-state index in [0.717, 1.165) is 0 Å². The molecule has 12 heteroatoms. The van der Waals surface area contributed by atoms with Crippen LogP contribution < -0.4 is 10.6 Å². The number of hydrogen-bond acceptors (Lipinski definition) is 8. The zero-order chi connectivity index (χ0) is 18.9. The third-order valence-corrected chi connectivity index (χ3v) is 3.96. The predicted molar refractivity (Wildman–Crippen MR) is 89.0 cm³/mol. The molecular weight excluding hydrogens is 374 g/mol. The van der Waals surface area contributed by atoms with Gasteiger partial charge in [0, 0.05) is 24.0 Å². The average molecular weight is 399 g/mol. The molecule has 0 aromatic rings.